The van der Waals surface area contributed by atoms with Gasteiger partial charge in [-0.3, -0.25) is 4.79 Å². The molecule has 3 heteroatoms. The van der Waals surface area contributed by atoms with E-state index in [9.17, 15) is 9.90 Å². The number of hydrogen-bond acceptors (Lipinski definition) is 3. The van der Waals surface area contributed by atoms with E-state index in [1.807, 2.05) is 12.1 Å². The Morgan fingerprint density at radius 3 is 2.41 bits per heavy atom. The van der Waals surface area contributed by atoms with E-state index in [-0.39, 0.29) is 17.6 Å². The van der Waals surface area contributed by atoms with Crippen LogP contribution in [0.3, 0.4) is 0 Å². The van der Waals surface area contributed by atoms with Gasteiger partial charge in [-0.25, -0.2) is 0 Å². The molecule has 0 aliphatic carbocycles. The summed E-state index contributed by atoms with van der Waals surface area (Å²) in [5, 5.41) is 12.5. The SMILES string of the molecule is CCC(C)N[C@@H](Cc1ccc(O)cc1)C(C)=O. The predicted octanol–water partition coefficient (Wildman–Crippen LogP) is 2.28. The maximum absolute atomic E-state index is 11.6. The number of nitrogens with one attached hydrogen (secondary N) is 1. The number of carbonyl (C=O) groups is 1. The monoisotopic (exact) mass is 235 g/mol. The van der Waals surface area contributed by atoms with E-state index in [2.05, 4.69) is 19.2 Å². The first kappa shape index (κ1) is 13.7. The third kappa shape index (κ3) is 4.57. The smallest absolute Gasteiger partial charge is 0.147 e. The maximum Gasteiger partial charge on any atom is 0.147 e. The molecule has 0 aliphatic heterocycles. The first-order valence-electron chi connectivity index (χ1n) is 6.07. The van der Waals surface area contributed by atoms with Crippen LogP contribution >= 0.6 is 0 Å². The Balaban J connectivity index is 2.66. The van der Waals surface area contributed by atoms with E-state index in [4.69, 9.17) is 0 Å². The molecule has 0 heterocycles. The number of Topliss-reactive ketones (excluding diaryl/α,β-unsaturated/α-hetero) is 1. The summed E-state index contributed by atoms with van der Waals surface area (Å²) in [6.07, 6.45) is 1.67. The van der Waals surface area contributed by atoms with Crippen molar-refractivity contribution in [1.29, 1.82) is 0 Å². The van der Waals surface area contributed by atoms with Crippen LogP contribution in [0.4, 0.5) is 0 Å². The molecule has 3 nitrogen and oxygen atoms in total. The molecule has 1 aromatic carbocycles. The summed E-state index contributed by atoms with van der Waals surface area (Å²) in [5.41, 5.74) is 1.05. The summed E-state index contributed by atoms with van der Waals surface area (Å²) >= 11 is 0. The normalized spacial score (nSPS) is 14.3. The molecule has 1 rings (SSSR count). The first-order chi connectivity index (χ1) is 8.02. The molecule has 94 valence electrons. The minimum atomic E-state index is -0.144. The zero-order chi connectivity index (χ0) is 12.8. The van der Waals surface area contributed by atoms with Crippen LogP contribution in [0.15, 0.2) is 24.3 Å². The van der Waals surface area contributed by atoms with Gasteiger partial charge in [0.05, 0.1) is 6.04 Å². The van der Waals surface area contributed by atoms with Crippen LogP contribution < -0.4 is 5.32 Å². The van der Waals surface area contributed by atoms with Crippen LogP contribution in [0.25, 0.3) is 0 Å². The summed E-state index contributed by atoms with van der Waals surface area (Å²) in [5.74, 6) is 0.404. The molecule has 1 unspecified atom stereocenters. The average molecular weight is 235 g/mol. The Morgan fingerprint density at radius 1 is 1.35 bits per heavy atom. The van der Waals surface area contributed by atoms with Gasteiger partial charge in [0, 0.05) is 6.04 Å². The number of phenolic OH excluding ortho intramolecular Hbond substituents is 1. The van der Waals surface area contributed by atoms with Crippen molar-refractivity contribution < 1.29 is 9.90 Å². The minimum absolute atomic E-state index is 0.144. The topological polar surface area (TPSA) is 49.3 Å². The second kappa shape index (κ2) is 6.40. The second-order valence-electron chi connectivity index (χ2n) is 4.51. The van der Waals surface area contributed by atoms with Crippen molar-refractivity contribution in [2.24, 2.45) is 0 Å². The molecule has 0 aromatic heterocycles. The van der Waals surface area contributed by atoms with E-state index in [0.717, 1.165) is 12.0 Å². The van der Waals surface area contributed by atoms with Crippen LogP contribution in [-0.2, 0) is 11.2 Å². The van der Waals surface area contributed by atoms with Crippen LogP contribution in [0.2, 0.25) is 0 Å². The van der Waals surface area contributed by atoms with Gasteiger partial charge in [-0.1, -0.05) is 19.1 Å². The van der Waals surface area contributed by atoms with E-state index >= 15 is 0 Å². The summed E-state index contributed by atoms with van der Waals surface area (Å²) in [7, 11) is 0. The lowest BCUT2D eigenvalue weighted by Gasteiger charge is -2.20. The fourth-order valence-electron chi connectivity index (χ4n) is 1.65. The molecule has 0 spiro atoms. The Labute approximate surface area is 103 Å². The lowest BCUT2D eigenvalue weighted by atomic mass is 10.0. The molecule has 2 N–H and O–H groups in total. The maximum atomic E-state index is 11.6. The zero-order valence-electron chi connectivity index (χ0n) is 10.7. The Morgan fingerprint density at radius 2 is 1.94 bits per heavy atom. The highest BCUT2D eigenvalue weighted by Gasteiger charge is 2.16. The van der Waals surface area contributed by atoms with Gasteiger partial charge in [-0.2, -0.15) is 0 Å². The quantitative estimate of drug-likeness (QED) is 0.795. The predicted molar refractivity (Wildman–Crippen MR) is 69.2 cm³/mol. The summed E-state index contributed by atoms with van der Waals surface area (Å²) in [6.45, 7) is 5.78. The number of phenols is 1. The van der Waals surface area contributed by atoms with Crippen molar-refractivity contribution >= 4 is 5.78 Å². The lowest BCUT2D eigenvalue weighted by Crippen LogP contribution is -2.42. The van der Waals surface area contributed by atoms with Crippen LogP contribution in [-0.4, -0.2) is 23.0 Å². The zero-order valence-corrected chi connectivity index (χ0v) is 10.7. The fourth-order valence-corrected chi connectivity index (χ4v) is 1.65. The molecule has 2 atom stereocenters. The number of ketones is 1. The number of aromatic hydroxyl groups is 1. The molecule has 0 bridgehead atoms. The number of rotatable bonds is 6. The summed E-state index contributed by atoms with van der Waals surface area (Å²) < 4.78 is 0. The van der Waals surface area contributed by atoms with E-state index < -0.39 is 0 Å². The van der Waals surface area contributed by atoms with Gasteiger partial charge in [0.15, 0.2) is 0 Å². The largest absolute Gasteiger partial charge is 0.508 e. The number of hydrogen-bond donors (Lipinski definition) is 2. The highest BCUT2D eigenvalue weighted by Crippen LogP contribution is 2.12. The van der Waals surface area contributed by atoms with E-state index in [0.29, 0.717) is 12.5 Å². The standard InChI is InChI=1S/C14H21NO2/c1-4-10(2)15-14(11(3)16)9-12-5-7-13(17)8-6-12/h5-8,10,14-15,17H,4,9H2,1-3H3/t10?,14-/m0/s1. The molecule has 0 amide bonds. The van der Waals surface area contributed by atoms with Crippen molar-refractivity contribution in [3.8, 4) is 5.75 Å². The highest BCUT2D eigenvalue weighted by molar-refractivity contribution is 5.81. The van der Waals surface area contributed by atoms with E-state index in [1.165, 1.54) is 0 Å². The van der Waals surface area contributed by atoms with Crippen molar-refractivity contribution in [2.45, 2.75) is 45.7 Å². The van der Waals surface area contributed by atoms with Gasteiger partial charge in [-0.15, -0.1) is 0 Å². The van der Waals surface area contributed by atoms with Crippen LogP contribution in [0.5, 0.6) is 5.75 Å². The molecule has 0 radical (unpaired) electrons. The fraction of sp³-hybridized carbons (Fsp3) is 0.500. The van der Waals surface area contributed by atoms with Crippen LogP contribution in [0, 0.1) is 0 Å². The molecular formula is C14H21NO2. The van der Waals surface area contributed by atoms with Gasteiger partial charge in [0.2, 0.25) is 0 Å². The van der Waals surface area contributed by atoms with Crippen molar-refractivity contribution in [2.75, 3.05) is 0 Å². The van der Waals surface area contributed by atoms with E-state index in [1.54, 1.807) is 19.1 Å². The molecule has 0 fully saturated rings. The van der Waals surface area contributed by atoms with Gasteiger partial charge >= 0.3 is 0 Å². The molecule has 1 aromatic rings. The van der Waals surface area contributed by atoms with Crippen molar-refractivity contribution in [3.05, 3.63) is 29.8 Å². The second-order valence-corrected chi connectivity index (χ2v) is 4.51. The number of benzene rings is 1. The third-order valence-electron chi connectivity index (χ3n) is 2.96. The third-order valence-corrected chi connectivity index (χ3v) is 2.96. The Hall–Kier alpha value is -1.35. The summed E-state index contributed by atoms with van der Waals surface area (Å²) in [6, 6.07) is 7.19. The Kier molecular flexibility index (Phi) is 5.16. The molecule has 17 heavy (non-hydrogen) atoms. The summed E-state index contributed by atoms with van der Waals surface area (Å²) in [4.78, 5) is 11.6. The Bertz CT molecular complexity index is 359. The van der Waals surface area contributed by atoms with Gasteiger partial charge in [0.1, 0.15) is 11.5 Å². The van der Waals surface area contributed by atoms with Gasteiger partial charge in [0.25, 0.3) is 0 Å². The van der Waals surface area contributed by atoms with Gasteiger partial charge in [-0.05, 0) is 44.4 Å². The molecule has 0 aliphatic rings. The highest BCUT2D eigenvalue weighted by atomic mass is 16.3. The van der Waals surface area contributed by atoms with Crippen molar-refractivity contribution in [1.82, 2.24) is 5.32 Å². The number of carbonyl (C=O) groups excluding carboxylic acids is 1. The first-order valence-corrected chi connectivity index (χ1v) is 6.07. The molecule has 0 saturated heterocycles. The molecular weight excluding hydrogens is 214 g/mol. The van der Waals surface area contributed by atoms with Crippen molar-refractivity contribution in [3.63, 3.8) is 0 Å². The van der Waals surface area contributed by atoms with Crippen LogP contribution in [0.1, 0.15) is 32.8 Å². The van der Waals surface area contributed by atoms with Gasteiger partial charge < -0.3 is 10.4 Å². The lowest BCUT2D eigenvalue weighted by molar-refractivity contribution is -0.119. The molecule has 0 saturated carbocycles. The average Bonchev–Trinajstić information content (AvgIpc) is 2.30. The minimum Gasteiger partial charge on any atom is -0.508 e.